The van der Waals surface area contributed by atoms with E-state index >= 15 is 0 Å². The Bertz CT molecular complexity index is 1120. The molecule has 0 aromatic carbocycles. The Morgan fingerprint density at radius 1 is 1.28 bits per heavy atom. The van der Waals surface area contributed by atoms with Crippen LogP contribution in [0.4, 0.5) is 4.79 Å². The van der Waals surface area contributed by atoms with E-state index in [-0.39, 0.29) is 28.6 Å². The minimum absolute atomic E-state index is 0.0674. The van der Waals surface area contributed by atoms with Gasteiger partial charge in [0.15, 0.2) is 0 Å². The van der Waals surface area contributed by atoms with Crippen molar-refractivity contribution in [3.63, 3.8) is 0 Å². The summed E-state index contributed by atoms with van der Waals surface area (Å²) in [5, 5.41) is 13.3. The standard InChI is InChI=1S/C17H21N5O6S/c23-14-9-13(11-1-3-21(4-2-11)17(25)26)22-15(19-14)12(10-18-22)16(24)20-29(27)7-5-28-6-8-29/h9-11H,1-8H2,(H,19,23)(H,25,26). The summed E-state index contributed by atoms with van der Waals surface area (Å²) in [5.74, 6) is -0.355. The van der Waals surface area contributed by atoms with Crippen molar-refractivity contribution in [1.82, 2.24) is 19.5 Å². The number of hydrogen-bond acceptors (Lipinski definition) is 6. The van der Waals surface area contributed by atoms with Gasteiger partial charge >= 0.3 is 6.09 Å². The minimum atomic E-state index is -2.68. The number of aromatic nitrogens is 3. The topological polar surface area (TPSA) is 146 Å². The van der Waals surface area contributed by atoms with Crippen molar-refractivity contribution in [1.29, 1.82) is 0 Å². The predicted molar refractivity (Wildman–Crippen MR) is 103 cm³/mol. The Kier molecular flexibility index (Phi) is 5.13. The monoisotopic (exact) mass is 423 g/mol. The molecule has 2 N–H and O–H groups in total. The number of rotatable bonds is 2. The van der Waals surface area contributed by atoms with Crippen LogP contribution in [0.3, 0.4) is 0 Å². The summed E-state index contributed by atoms with van der Waals surface area (Å²) in [6, 6.07) is 1.42. The van der Waals surface area contributed by atoms with E-state index in [1.807, 2.05) is 0 Å². The number of nitrogens with one attached hydrogen (secondary N) is 1. The van der Waals surface area contributed by atoms with Crippen LogP contribution in [0.25, 0.3) is 5.65 Å². The molecular weight excluding hydrogens is 402 g/mol. The summed E-state index contributed by atoms with van der Waals surface area (Å²) in [6.45, 7) is 1.31. The molecule has 0 atom stereocenters. The first-order valence-electron chi connectivity index (χ1n) is 9.30. The number of likely N-dealkylation sites (tertiary alicyclic amines) is 1. The Balaban J connectivity index is 1.68. The van der Waals surface area contributed by atoms with Crippen molar-refractivity contribution in [3.8, 4) is 0 Å². The Morgan fingerprint density at radius 3 is 2.62 bits per heavy atom. The number of carbonyl (C=O) groups is 2. The van der Waals surface area contributed by atoms with Crippen LogP contribution in [0.15, 0.2) is 21.4 Å². The van der Waals surface area contributed by atoms with Gasteiger partial charge in [-0.3, -0.25) is 9.59 Å². The zero-order valence-corrected chi connectivity index (χ0v) is 16.4. The van der Waals surface area contributed by atoms with Gasteiger partial charge in [0, 0.05) is 25.1 Å². The molecule has 2 aliphatic rings. The summed E-state index contributed by atoms with van der Waals surface area (Å²) in [6.07, 6.45) is 1.45. The maximum atomic E-state index is 12.7. The third-order valence-corrected chi connectivity index (χ3v) is 7.40. The van der Waals surface area contributed by atoms with Gasteiger partial charge in [0.05, 0.1) is 46.3 Å². The first kappa shape index (κ1) is 19.6. The molecule has 0 bridgehead atoms. The van der Waals surface area contributed by atoms with E-state index in [2.05, 4.69) is 14.4 Å². The lowest BCUT2D eigenvalue weighted by atomic mass is 9.93. The number of aromatic amines is 1. The molecule has 4 heterocycles. The lowest BCUT2D eigenvalue weighted by Gasteiger charge is -2.30. The van der Waals surface area contributed by atoms with Gasteiger partial charge in [-0.25, -0.2) is 13.5 Å². The van der Waals surface area contributed by atoms with Crippen LogP contribution in [0.1, 0.15) is 34.8 Å². The molecule has 0 saturated carbocycles. The summed E-state index contributed by atoms with van der Waals surface area (Å²) in [5.41, 5.74) is 0.513. The van der Waals surface area contributed by atoms with Gasteiger partial charge in [-0.2, -0.15) is 9.46 Å². The van der Waals surface area contributed by atoms with Crippen molar-refractivity contribution in [3.05, 3.63) is 33.9 Å². The second kappa shape index (κ2) is 7.59. The van der Waals surface area contributed by atoms with Gasteiger partial charge in [-0.05, 0) is 12.8 Å². The molecule has 0 radical (unpaired) electrons. The highest BCUT2D eigenvalue weighted by Crippen LogP contribution is 2.28. The average molecular weight is 423 g/mol. The molecular formula is C17H21N5O6S. The minimum Gasteiger partial charge on any atom is -0.465 e. The second-order valence-electron chi connectivity index (χ2n) is 7.11. The molecule has 2 saturated heterocycles. The molecule has 156 valence electrons. The smallest absolute Gasteiger partial charge is 0.407 e. The zero-order chi connectivity index (χ0) is 20.6. The normalized spacial score (nSPS) is 19.9. The number of hydrogen-bond donors (Lipinski definition) is 2. The van der Waals surface area contributed by atoms with Crippen LogP contribution in [0.2, 0.25) is 0 Å². The van der Waals surface area contributed by atoms with Gasteiger partial charge in [0.2, 0.25) is 0 Å². The predicted octanol–water partition coefficient (Wildman–Crippen LogP) is 0.518. The van der Waals surface area contributed by atoms with Crippen LogP contribution in [-0.4, -0.2) is 78.6 Å². The third-order valence-electron chi connectivity index (χ3n) is 5.29. The van der Waals surface area contributed by atoms with Crippen LogP contribution in [0.5, 0.6) is 0 Å². The highest BCUT2D eigenvalue weighted by Gasteiger charge is 2.27. The molecule has 2 fully saturated rings. The Hall–Kier alpha value is -2.73. The number of carbonyl (C=O) groups excluding carboxylic acids is 1. The molecule has 0 unspecified atom stereocenters. The fourth-order valence-corrected chi connectivity index (χ4v) is 5.24. The third kappa shape index (κ3) is 3.90. The van der Waals surface area contributed by atoms with Crippen molar-refractivity contribution in [2.75, 3.05) is 37.8 Å². The molecule has 11 nitrogen and oxygen atoms in total. The summed E-state index contributed by atoms with van der Waals surface area (Å²) in [4.78, 5) is 40.0. The number of ether oxygens (including phenoxy) is 1. The highest BCUT2D eigenvalue weighted by molar-refractivity contribution is 7.94. The molecule has 2 amide bonds. The summed E-state index contributed by atoms with van der Waals surface area (Å²) < 4.78 is 23.3. The second-order valence-corrected chi connectivity index (χ2v) is 9.65. The van der Waals surface area contributed by atoms with Crippen LogP contribution in [0, 0.1) is 0 Å². The average Bonchev–Trinajstić information content (AvgIpc) is 3.11. The number of amides is 2. The summed E-state index contributed by atoms with van der Waals surface area (Å²) >= 11 is 0. The molecule has 4 rings (SSSR count). The van der Waals surface area contributed by atoms with E-state index in [4.69, 9.17) is 9.84 Å². The number of carboxylic acid groups (broad SMARTS) is 1. The van der Waals surface area contributed by atoms with Gasteiger partial charge in [0.25, 0.3) is 11.5 Å². The maximum Gasteiger partial charge on any atom is 0.407 e. The maximum absolute atomic E-state index is 12.7. The number of piperidine rings is 1. The molecule has 29 heavy (non-hydrogen) atoms. The fourth-order valence-electron chi connectivity index (χ4n) is 3.70. The zero-order valence-electron chi connectivity index (χ0n) is 15.6. The van der Waals surface area contributed by atoms with E-state index in [1.165, 1.54) is 21.7 Å². The largest absolute Gasteiger partial charge is 0.465 e. The lowest BCUT2D eigenvalue weighted by molar-refractivity contribution is 0.100. The quantitative estimate of drug-likeness (QED) is 0.716. The molecule has 0 aliphatic carbocycles. The first-order valence-corrected chi connectivity index (χ1v) is 11.1. The van der Waals surface area contributed by atoms with Gasteiger partial charge in [-0.15, -0.1) is 0 Å². The van der Waals surface area contributed by atoms with Crippen molar-refractivity contribution in [2.45, 2.75) is 18.8 Å². The Labute approximate surface area is 165 Å². The van der Waals surface area contributed by atoms with Crippen LogP contribution < -0.4 is 5.56 Å². The number of nitrogens with zero attached hydrogens (tertiary/aromatic N) is 4. The van der Waals surface area contributed by atoms with Crippen LogP contribution in [-0.2, 0) is 14.5 Å². The van der Waals surface area contributed by atoms with E-state index in [1.54, 1.807) is 0 Å². The van der Waals surface area contributed by atoms with Crippen molar-refractivity contribution < 1.29 is 23.6 Å². The number of fused-ring (bicyclic) bond motifs is 1. The van der Waals surface area contributed by atoms with E-state index in [0.717, 1.165) is 0 Å². The molecule has 12 heteroatoms. The van der Waals surface area contributed by atoms with Crippen molar-refractivity contribution >= 4 is 27.4 Å². The Morgan fingerprint density at radius 2 is 1.97 bits per heavy atom. The SMILES string of the molecule is O=C(N=S1(=O)CCOCC1)c1cnn2c(C3CCN(C(=O)O)CC3)cc(=O)[nH]c12. The molecule has 0 spiro atoms. The van der Waals surface area contributed by atoms with E-state index in [9.17, 15) is 18.6 Å². The van der Waals surface area contributed by atoms with Gasteiger partial charge < -0.3 is 19.7 Å². The van der Waals surface area contributed by atoms with Gasteiger partial charge in [0.1, 0.15) is 11.2 Å². The van der Waals surface area contributed by atoms with Gasteiger partial charge in [-0.1, -0.05) is 0 Å². The molecule has 2 aromatic heterocycles. The van der Waals surface area contributed by atoms with E-state index < -0.39 is 27.3 Å². The van der Waals surface area contributed by atoms with Crippen molar-refractivity contribution in [2.24, 2.45) is 4.36 Å². The molecule has 2 aromatic rings. The highest BCUT2D eigenvalue weighted by atomic mass is 32.2. The summed E-state index contributed by atoms with van der Waals surface area (Å²) in [7, 11) is -2.68. The number of H-pyrrole nitrogens is 1. The fraction of sp³-hybridized carbons (Fsp3) is 0.529. The van der Waals surface area contributed by atoms with E-state index in [0.29, 0.717) is 44.8 Å². The molecule has 2 aliphatic heterocycles. The lowest BCUT2D eigenvalue weighted by Crippen LogP contribution is -2.37. The van der Waals surface area contributed by atoms with Crippen LogP contribution >= 0.6 is 0 Å². The first-order chi connectivity index (χ1) is 13.9.